The van der Waals surface area contributed by atoms with Gasteiger partial charge in [-0.05, 0) is 54.3 Å². The highest BCUT2D eigenvalue weighted by Gasteiger charge is 2.22. The first-order valence-corrected chi connectivity index (χ1v) is 10.5. The second-order valence-electron chi connectivity index (χ2n) is 7.63. The first kappa shape index (κ1) is 20.6. The predicted octanol–water partition coefficient (Wildman–Crippen LogP) is 5.51. The van der Waals surface area contributed by atoms with Gasteiger partial charge in [-0.2, -0.15) is 0 Å². The Morgan fingerprint density at radius 2 is 1.80 bits per heavy atom. The predicted molar refractivity (Wildman–Crippen MR) is 115 cm³/mol. The number of likely N-dealkylation sites (tertiary alicyclic amines) is 1. The number of hydrogen-bond acceptors (Lipinski definition) is 3. The summed E-state index contributed by atoms with van der Waals surface area (Å²) < 4.78 is 19.6. The van der Waals surface area contributed by atoms with Crippen molar-refractivity contribution in [2.75, 3.05) is 13.1 Å². The minimum atomic E-state index is -0.262. The number of halogens is 2. The van der Waals surface area contributed by atoms with Crippen molar-refractivity contribution in [1.82, 2.24) is 9.80 Å². The lowest BCUT2D eigenvalue weighted by Crippen LogP contribution is -2.27. The monoisotopic (exact) mass is 426 g/mol. The minimum Gasteiger partial charge on any atom is -0.455 e. The van der Waals surface area contributed by atoms with Crippen molar-refractivity contribution in [3.05, 3.63) is 94.2 Å². The van der Waals surface area contributed by atoms with Crippen LogP contribution in [0, 0.1) is 5.82 Å². The first-order valence-electron chi connectivity index (χ1n) is 10.2. The van der Waals surface area contributed by atoms with Crippen molar-refractivity contribution in [1.29, 1.82) is 0 Å². The van der Waals surface area contributed by atoms with E-state index < -0.39 is 0 Å². The Morgan fingerprint density at radius 3 is 2.57 bits per heavy atom. The van der Waals surface area contributed by atoms with Crippen LogP contribution in [-0.2, 0) is 19.6 Å². The summed E-state index contributed by atoms with van der Waals surface area (Å²) >= 11 is 6.36. The smallest absolute Gasteiger partial charge is 0.289 e. The molecule has 1 amide bonds. The Balaban J connectivity index is 1.52. The summed E-state index contributed by atoms with van der Waals surface area (Å²) in [5.41, 5.74) is 1.84. The Kier molecular flexibility index (Phi) is 6.50. The van der Waals surface area contributed by atoms with E-state index in [1.165, 1.54) is 12.1 Å². The van der Waals surface area contributed by atoms with Gasteiger partial charge in [0.2, 0.25) is 0 Å². The van der Waals surface area contributed by atoms with Crippen molar-refractivity contribution in [3.8, 4) is 0 Å². The van der Waals surface area contributed by atoms with Gasteiger partial charge in [-0.25, -0.2) is 4.39 Å². The quantitative estimate of drug-likeness (QED) is 0.499. The van der Waals surface area contributed by atoms with Crippen LogP contribution in [-0.4, -0.2) is 28.8 Å². The number of amides is 1. The number of furan rings is 1. The van der Waals surface area contributed by atoms with Crippen LogP contribution in [0.1, 0.15) is 40.3 Å². The van der Waals surface area contributed by atoms with Crippen LogP contribution in [0.4, 0.5) is 4.39 Å². The van der Waals surface area contributed by atoms with Crippen LogP contribution in [0.3, 0.4) is 0 Å². The molecular weight excluding hydrogens is 403 g/mol. The van der Waals surface area contributed by atoms with E-state index in [4.69, 9.17) is 16.0 Å². The standard InChI is InChI=1S/C24H24ClFN2O2/c25-22-9-2-1-7-19(22)16-27(15-18-6-5-8-20(26)14-18)17-21-10-11-23(30-21)24(29)28-12-3-4-13-28/h1-2,5-11,14H,3-4,12-13,15-17H2. The average molecular weight is 427 g/mol. The summed E-state index contributed by atoms with van der Waals surface area (Å²) in [7, 11) is 0. The fourth-order valence-corrected chi connectivity index (χ4v) is 4.00. The zero-order chi connectivity index (χ0) is 20.9. The zero-order valence-corrected chi connectivity index (χ0v) is 17.4. The van der Waals surface area contributed by atoms with E-state index in [2.05, 4.69) is 4.90 Å². The highest BCUT2D eigenvalue weighted by molar-refractivity contribution is 6.31. The highest BCUT2D eigenvalue weighted by atomic mass is 35.5. The summed E-state index contributed by atoms with van der Waals surface area (Å²) in [5.74, 6) is 0.750. The molecule has 30 heavy (non-hydrogen) atoms. The molecule has 2 heterocycles. The Labute approximate surface area is 180 Å². The summed E-state index contributed by atoms with van der Waals surface area (Å²) in [6.07, 6.45) is 2.08. The summed E-state index contributed by atoms with van der Waals surface area (Å²) in [6, 6.07) is 17.8. The van der Waals surface area contributed by atoms with E-state index in [0.717, 1.165) is 37.1 Å². The molecule has 0 unspecified atom stereocenters. The van der Waals surface area contributed by atoms with Crippen LogP contribution in [0.5, 0.6) is 0 Å². The van der Waals surface area contributed by atoms with E-state index in [1.54, 1.807) is 12.1 Å². The van der Waals surface area contributed by atoms with Gasteiger partial charge in [-0.3, -0.25) is 9.69 Å². The molecule has 4 nitrogen and oxygen atoms in total. The molecule has 1 aliphatic heterocycles. The molecule has 0 saturated carbocycles. The average Bonchev–Trinajstić information content (AvgIpc) is 3.41. The molecule has 156 valence electrons. The van der Waals surface area contributed by atoms with Gasteiger partial charge in [0.15, 0.2) is 5.76 Å². The van der Waals surface area contributed by atoms with Gasteiger partial charge in [0.25, 0.3) is 5.91 Å². The van der Waals surface area contributed by atoms with Crippen LogP contribution in [0.2, 0.25) is 5.02 Å². The lowest BCUT2D eigenvalue weighted by atomic mass is 10.1. The van der Waals surface area contributed by atoms with E-state index in [0.29, 0.717) is 36.2 Å². The second kappa shape index (κ2) is 9.45. The normalized spacial score (nSPS) is 13.9. The molecule has 6 heteroatoms. The van der Waals surface area contributed by atoms with Crippen molar-refractivity contribution < 1.29 is 13.6 Å². The van der Waals surface area contributed by atoms with Crippen LogP contribution in [0.15, 0.2) is 65.1 Å². The third kappa shape index (κ3) is 5.10. The van der Waals surface area contributed by atoms with Crippen molar-refractivity contribution in [2.45, 2.75) is 32.5 Å². The topological polar surface area (TPSA) is 36.7 Å². The summed E-state index contributed by atoms with van der Waals surface area (Å²) in [5, 5.41) is 0.686. The molecule has 1 aliphatic rings. The lowest BCUT2D eigenvalue weighted by Gasteiger charge is -2.22. The largest absolute Gasteiger partial charge is 0.455 e. The van der Waals surface area contributed by atoms with E-state index in [1.807, 2.05) is 41.3 Å². The summed E-state index contributed by atoms with van der Waals surface area (Å²) in [4.78, 5) is 16.5. The Morgan fingerprint density at radius 1 is 1.00 bits per heavy atom. The molecule has 0 N–H and O–H groups in total. The second-order valence-corrected chi connectivity index (χ2v) is 8.04. The molecule has 0 radical (unpaired) electrons. The molecule has 1 saturated heterocycles. The van der Waals surface area contributed by atoms with E-state index in [-0.39, 0.29) is 11.7 Å². The number of rotatable bonds is 7. The molecule has 3 aromatic rings. The van der Waals surface area contributed by atoms with Gasteiger partial charge in [0.05, 0.1) is 6.54 Å². The lowest BCUT2D eigenvalue weighted by molar-refractivity contribution is 0.0756. The molecule has 0 atom stereocenters. The van der Waals surface area contributed by atoms with Crippen LogP contribution >= 0.6 is 11.6 Å². The third-order valence-corrected chi connectivity index (χ3v) is 5.66. The fourth-order valence-electron chi connectivity index (χ4n) is 3.80. The number of carbonyl (C=O) groups excluding carboxylic acids is 1. The molecule has 0 aliphatic carbocycles. The Bertz CT molecular complexity index is 1010. The van der Waals surface area contributed by atoms with Gasteiger partial charge in [-0.1, -0.05) is 41.9 Å². The molecular formula is C24H24ClFN2O2. The van der Waals surface area contributed by atoms with Crippen molar-refractivity contribution >= 4 is 17.5 Å². The maximum atomic E-state index is 13.7. The van der Waals surface area contributed by atoms with Crippen molar-refractivity contribution in [2.24, 2.45) is 0 Å². The van der Waals surface area contributed by atoms with E-state index >= 15 is 0 Å². The SMILES string of the molecule is O=C(c1ccc(CN(Cc2cccc(F)c2)Cc2ccccc2Cl)o1)N1CCCC1. The first-order chi connectivity index (χ1) is 14.6. The maximum Gasteiger partial charge on any atom is 0.289 e. The van der Waals surface area contributed by atoms with Gasteiger partial charge in [-0.15, -0.1) is 0 Å². The van der Waals surface area contributed by atoms with Gasteiger partial charge in [0, 0.05) is 31.2 Å². The number of carbonyl (C=O) groups is 1. The Hall–Kier alpha value is -2.63. The molecule has 1 aromatic heterocycles. The fraction of sp³-hybridized carbons (Fsp3) is 0.292. The number of nitrogens with zero attached hydrogens (tertiary/aromatic N) is 2. The minimum absolute atomic E-state index is 0.0541. The molecule has 4 rings (SSSR count). The van der Waals surface area contributed by atoms with Crippen LogP contribution in [0.25, 0.3) is 0 Å². The zero-order valence-electron chi connectivity index (χ0n) is 16.7. The van der Waals surface area contributed by atoms with Gasteiger partial charge in [0.1, 0.15) is 11.6 Å². The molecule has 0 bridgehead atoms. The van der Waals surface area contributed by atoms with Crippen LogP contribution < -0.4 is 0 Å². The highest BCUT2D eigenvalue weighted by Crippen LogP contribution is 2.22. The molecule has 0 spiro atoms. The maximum absolute atomic E-state index is 13.7. The number of hydrogen-bond donors (Lipinski definition) is 0. The third-order valence-electron chi connectivity index (χ3n) is 5.29. The number of benzene rings is 2. The van der Waals surface area contributed by atoms with Crippen molar-refractivity contribution in [3.63, 3.8) is 0 Å². The van der Waals surface area contributed by atoms with E-state index in [9.17, 15) is 9.18 Å². The van der Waals surface area contributed by atoms with Gasteiger partial charge < -0.3 is 9.32 Å². The summed E-state index contributed by atoms with van der Waals surface area (Å²) in [6.45, 7) is 3.15. The van der Waals surface area contributed by atoms with Gasteiger partial charge >= 0.3 is 0 Å². The molecule has 1 fully saturated rings. The molecule has 2 aromatic carbocycles.